The molecule has 9 nitrogen and oxygen atoms in total. The van der Waals surface area contributed by atoms with E-state index in [-0.39, 0.29) is 18.2 Å². The highest BCUT2D eigenvalue weighted by Crippen LogP contribution is 2.29. The molecule has 1 unspecified atom stereocenters. The average molecular weight is 438 g/mol. The molecular formula is C23H26N4O5. The summed E-state index contributed by atoms with van der Waals surface area (Å²) in [6, 6.07) is 11.9. The topological polar surface area (TPSA) is 113 Å². The molecule has 2 N–H and O–H groups in total. The van der Waals surface area contributed by atoms with Crippen LogP contribution in [0, 0.1) is 11.3 Å². The van der Waals surface area contributed by atoms with E-state index < -0.39 is 12.0 Å². The lowest BCUT2D eigenvalue weighted by atomic mass is 10.1. The van der Waals surface area contributed by atoms with Crippen molar-refractivity contribution in [3.8, 4) is 17.6 Å². The van der Waals surface area contributed by atoms with E-state index in [0.29, 0.717) is 29.3 Å². The summed E-state index contributed by atoms with van der Waals surface area (Å²) in [5, 5.41) is 15.4. The zero-order valence-corrected chi connectivity index (χ0v) is 18.3. The van der Waals surface area contributed by atoms with Gasteiger partial charge in [0.2, 0.25) is 0 Å². The number of anilines is 1. The molecule has 1 aliphatic heterocycles. The largest absolute Gasteiger partial charge is 0.493 e. The van der Waals surface area contributed by atoms with E-state index in [4.69, 9.17) is 14.2 Å². The molecule has 1 aliphatic rings. The van der Waals surface area contributed by atoms with Crippen LogP contribution in [0.15, 0.2) is 36.4 Å². The summed E-state index contributed by atoms with van der Waals surface area (Å²) in [7, 11) is 4.40. The second-order valence-electron chi connectivity index (χ2n) is 7.20. The molecule has 3 rings (SSSR count). The Bertz CT molecular complexity index is 1030. The monoisotopic (exact) mass is 438 g/mol. The van der Waals surface area contributed by atoms with Gasteiger partial charge in [0.25, 0.3) is 5.91 Å². The fourth-order valence-corrected chi connectivity index (χ4v) is 3.67. The Balaban J connectivity index is 1.89. The molecule has 168 valence electrons. The molecule has 2 aromatic rings. The third-order valence-corrected chi connectivity index (χ3v) is 5.30. The van der Waals surface area contributed by atoms with Crippen molar-refractivity contribution in [3.05, 3.63) is 53.1 Å². The number of hydrogen-bond acceptors (Lipinski definition) is 7. The lowest BCUT2D eigenvalue weighted by molar-refractivity contribution is 0.0951. The summed E-state index contributed by atoms with van der Waals surface area (Å²) in [6.07, 6.45) is 0.166. The van der Waals surface area contributed by atoms with E-state index in [2.05, 4.69) is 10.6 Å². The van der Waals surface area contributed by atoms with Crippen molar-refractivity contribution in [2.75, 3.05) is 39.3 Å². The number of ether oxygens (including phenoxy) is 3. The number of amides is 2. The molecule has 2 amide bonds. The summed E-state index contributed by atoms with van der Waals surface area (Å²) >= 11 is 0. The number of carbonyl (C=O) groups excluding carboxylic acids is 2. The summed E-state index contributed by atoms with van der Waals surface area (Å²) in [4.78, 5) is 27.2. The van der Waals surface area contributed by atoms with Crippen molar-refractivity contribution in [2.45, 2.75) is 19.0 Å². The predicted molar refractivity (Wildman–Crippen MR) is 118 cm³/mol. The minimum absolute atomic E-state index is 0.159. The van der Waals surface area contributed by atoms with Gasteiger partial charge < -0.3 is 24.8 Å². The third-order valence-electron chi connectivity index (χ3n) is 5.30. The Kier molecular flexibility index (Phi) is 7.52. The molecule has 32 heavy (non-hydrogen) atoms. The molecule has 1 atom stereocenters. The van der Waals surface area contributed by atoms with Gasteiger partial charge in [-0.1, -0.05) is 6.07 Å². The number of rotatable bonds is 7. The van der Waals surface area contributed by atoms with E-state index in [1.165, 1.54) is 18.1 Å². The Morgan fingerprint density at radius 1 is 1.16 bits per heavy atom. The highest BCUT2D eigenvalue weighted by atomic mass is 16.5. The van der Waals surface area contributed by atoms with Gasteiger partial charge in [-0.05, 0) is 48.9 Å². The Hall–Kier alpha value is -3.77. The molecule has 0 radical (unpaired) electrons. The first-order valence-electron chi connectivity index (χ1n) is 10.1. The van der Waals surface area contributed by atoms with Crippen LogP contribution in [-0.2, 0) is 11.3 Å². The normalized spacial score (nSPS) is 14.9. The van der Waals surface area contributed by atoms with Gasteiger partial charge in [0.05, 0.1) is 50.3 Å². The smallest absolute Gasteiger partial charge is 0.414 e. The molecule has 1 saturated heterocycles. The number of methoxy groups -OCH3 is 3. The lowest BCUT2D eigenvalue weighted by Gasteiger charge is -2.29. The van der Waals surface area contributed by atoms with Gasteiger partial charge in [-0.25, -0.2) is 4.79 Å². The van der Waals surface area contributed by atoms with Gasteiger partial charge >= 0.3 is 6.09 Å². The van der Waals surface area contributed by atoms with E-state index in [1.54, 1.807) is 38.5 Å². The molecular weight excluding hydrogens is 412 g/mol. The van der Waals surface area contributed by atoms with Crippen molar-refractivity contribution in [1.29, 1.82) is 5.26 Å². The van der Waals surface area contributed by atoms with Crippen LogP contribution in [-0.4, -0.2) is 52.5 Å². The maximum Gasteiger partial charge on any atom is 0.414 e. The van der Waals surface area contributed by atoms with Crippen LogP contribution >= 0.6 is 0 Å². The van der Waals surface area contributed by atoms with Crippen LogP contribution in [0.2, 0.25) is 0 Å². The summed E-state index contributed by atoms with van der Waals surface area (Å²) in [5.41, 5.74) is 1.74. The van der Waals surface area contributed by atoms with Crippen LogP contribution in [0.5, 0.6) is 11.5 Å². The van der Waals surface area contributed by atoms with E-state index in [9.17, 15) is 14.9 Å². The van der Waals surface area contributed by atoms with Gasteiger partial charge in [0.15, 0.2) is 11.5 Å². The fourth-order valence-electron chi connectivity index (χ4n) is 3.67. The second-order valence-corrected chi connectivity index (χ2v) is 7.20. The summed E-state index contributed by atoms with van der Waals surface area (Å²) in [6.45, 7) is 1.57. The van der Waals surface area contributed by atoms with E-state index in [1.807, 2.05) is 12.1 Å². The number of hydrogen-bond donors (Lipinski definition) is 2. The van der Waals surface area contributed by atoms with Gasteiger partial charge in [-0.2, -0.15) is 5.26 Å². The van der Waals surface area contributed by atoms with Crippen molar-refractivity contribution < 1.29 is 23.8 Å². The zero-order chi connectivity index (χ0) is 23.1. The van der Waals surface area contributed by atoms with E-state index >= 15 is 0 Å². The number of carbonyl (C=O) groups is 2. The molecule has 0 aromatic heterocycles. The maximum absolute atomic E-state index is 13.1. The third kappa shape index (κ3) is 4.92. The first-order chi connectivity index (χ1) is 15.5. The van der Waals surface area contributed by atoms with Crippen molar-refractivity contribution in [3.63, 3.8) is 0 Å². The van der Waals surface area contributed by atoms with Gasteiger partial charge in [-0.3, -0.25) is 9.69 Å². The average Bonchev–Trinajstić information content (AvgIpc) is 3.36. The Labute approximate surface area is 186 Å². The SMILES string of the molecule is COC(=O)N(c1ccc(C#N)cc1C(=O)NCc1ccc(OC)c(OC)c1)C1CCNC1. The predicted octanol–water partition coefficient (Wildman–Crippen LogP) is 2.44. The molecule has 0 bridgehead atoms. The molecule has 0 aliphatic carbocycles. The molecule has 1 fully saturated rings. The minimum atomic E-state index is -0.558. The number of nitriles is 1. The van der Waals surface area contributed by atoms with Crippen molar-refractivity contribution >= 4 is 17.7 Å². The molecule has 9 heteroatoms. The molecule has 1 heterocycles. The number of nitrogens with one attached hydrogen (secondary N) is 2. The molecule has 0 saturated carbocycles. The van der Waals surface area contributed by atoms with Crippen LogP contribution in [0.25, 0.3) is 0 Å². The first-order valence-corrected chi connectivity index (χ1v) is 10.1. The highest BCUT2D eigenvalue weighted by Gasteiger charge is 2.31. The van der Waals surface area contributed by atoms with Gasteiger partial charge in [0.1, 0.15) is 0 Å². The van der Waals surface area contributed by atoms with E-state index in [0.717, 1.165) is 18.5 Å². The zero-order valence-electron chi connectivity index (χ0n) is 18.3. The Morgan fingerprint density at radius 3 is 2.56 bits per heavy atom. The highest BCUT2D eigenvalue weighted by molar-refractivity contribution is 6.04. The lowest BCUT2D eigenvalue weighted by Crippen LogP contribution is -2.43. The number of benzene rings is 2. The van der Waals surface area contributed by atoms with Gasteiger partial charge in [-0.15, -0.1) is 0 Å². The summed E-state index contributed by atoms with van der Waals surface area (Å²) in [5.74, 6) is 0.731. The van der Waals surface area contributed by atoms with Crippen LogP contribution in [0.3, 0.4) is 0 Å². The van der Waals surface area contributed by atoms with Crippen LogP contribution < -0.4 is 25.0 Å². The Morgan fingerprint density at radius 2 is 1.94 bits per heavy atom. The molecule has 2 aromatic carbocycles. The second kappa shape index (κ2) is 10.5. The molecule has 0 spiro atoms. The van der Waals surface area contributed by atoms with Crippen LogP contribution in [0.4, 0.5) is 10.5 Å². The number of nitrogens with zero attached hydrogens (tertiary/aromatic N) is 2. The summed E-state index contributed by atoms with van der Waals surface area (Å²) < 4.78 is 15.5. The fraction of sp³-hybridized carbons (Fsp3) is 0.348. The maximum atomic E-state index is 13.1. The minimum Gasteiger partial charge on any atom is -0.493 e. The standard InChI is InChI=1S/C23H26N4O5/c1-30-20-7-5-16(11-21(20)31-2)13-26-22(28)18-10-15(12-24)4-6-19(18)27(23(29)32-3)17-8-9-25-14-17/h4-7,10-11,17,25H,8-9,13-14H2,1-3H3,(H,26,28). The van der Waals surface area contributed by atoms with Crippen LogP contribution in [0.1, 0.15) is 27.9 Å². The van der Waals surface area contributed by atoms with Crippen molar-refractivity contribution in [2.24, 2.45) is 0 Å². The van der Waals surface area contributed by atoms with Gasteiger partial charge in [0, 0.05) is 13.1 Å². The quantitative estimate of drug-likeness (QED) is 0.683. The van der Waals surface area contributed by atoms with Crippen molar-refractivity contribution in [1.82, 2.24) is 10.6 Å². The first kappa shape index (κ1) is 22.9.